The lowest BCUT2D eigenvalue weighted by Gasteiger charge is -2.15. The van der Waals surface area contributed by atoms with Crippen molar-refractivity contribution in [2.24, 2.45) is 5.10 Å². The summed E-state index contributed by atoms with van der Waals surface area (Å²) in [6, 6.07) is 16.9. The molecule has 0 aliphatic carbocycles. The van der Waals surface area contributed by atoms with E-state index < -0.39 is 0 Å². The van der Waals surface area contributed by atoms with Crippen LogP contribution in [-0.2, 0) is 17.8 Å². The molecule has 3 rings (SSSR count). The number of nitrogens with zero attached hydrogens (tertiary/aromatic N) is 1. The number of halogens is 2. The predicted molar refractivity (Wildman–Crippen MR) is 134 cm³/mol. The van der Waals surface area contributed by atoms with Crippen LogP contribution in [0.4, 0.5) is 0 Å². The number of amides is 1. The lowest BCUT2D eigenvalue weighted by Crippen LogP contribution is -2.20. The molecule has 33 heavy (non-hydrogen) atoms. The van der Waals surface area contributed by atoms with Gasteiger partial charge in [-0.1, -0.05) is 65.2 Å². The molecule has 0 fully saturated rings. The number of hydrogen-bond donors (Lipinski definition) is 1. The van der Waals surface area contributed by atoms with Gasteiger partial charge in [-0.2, -0.15) is 5.10 Å². The van der Waals surface area contributed by atoms with Gasteiger partial charge in [-0.3, -0.25) is 4.79 Å². The number of hydrazone groups is 1. The predicted octanol–water partition coefficient (Wildman–Crippen LogP) is 6.28. The molecule has 0 bridgehead atoms. The van der Waals surface area contributed by atoms with Crippen LogP contribution in [0.1, 0.15) is 34.7 Å². The Balaban J connectivity index is 1.68. The summed E-state index contributed by atoms with van der Waals surface area (Å²) in [4.78, 5) is 12.3. The fourth-order valence-electron chi connectivity index (χ4n) is 3.27. The number of rotatable bonds is 9. The Kier molecular flexibility index (Phi) is 8.75. The number of carbonyl (C=O) groups excluding carboxylic acids is 1. The van der Waals surface area contributed by atoms with Crippen LogP contribution < -0.4 is 14.9 Å². The van der Waals surface area contributed by atoms with Gasteiger partial charge in [0.15, 0.2) is 11.5 Å². The van der Waals surface area contributed by atoms with Gasteiger partial charge in [-0.05, 0) is 55.7 Å². The molecule has 0 aliphatic heterocycles. The minimum absolute atomic E-state index is 0.200. The Morgan fingerprint density at radius 3 is 2.52 bits per heavy atom. The van der Waals surface area contributed by atoms with Crippen molar-refractivity contribution in [1.29, 1.82) is 0 Å². The van der Waals surface area contributed by atoms with Gasteiger partial charge in [-0.25, -0.2) is 5.43 Å². The molecule has 0 spiro atoms. The van der Waals surface area contributed by atoms with Crippen LogP contribution >= 0.6 is 23.2 Å². The summed E-state index contributed by atoms with van der Waals surface area (Å²) in [7, 11) is 0. The molecule has 7 heteroatoms. The number of aryl methyl sites for hydroxylation is 2. The van der Waals surface area contributed by atoms with Crippen molar-refractivity contribution in [2.45, 2.75) is 33.8 Å². The van der Waals surface area contributed by atoms with Crippen LogP contribution in [0.15, 0.2) is 59.7 Å². The summed E-state index contributed by atoms with van der Waals surface area (Å²) in [5.41, 5.74) is 7.28. The van der Waals surface area contributed by atoms with E-state index in [0.29, 0.717) is 33.7 Å². The van der Waals surface area contributed by atoms with Crippen LogP contribution in [0.25, 0.3) is 0 Å². The Hall–Kier alpha value is -3.02. The molecule has 0 unspecified atom stereocenters. The van der Waals surface area contributed by atoms with Gasteiger partial charge >= 0.3 is 0 Å². The van der Waals surface area contributed by atoms with E-state index in [1.165, 1.54) is 6.21 Å². The van der Waals surface area contributed by atoms with Gasteiger partial charge in [0, 0.05) is 10.6 Å². The number of nitrogens with one attached hydrogen (secondary N) is 1. The first-order valence-corrected chi connectivity index (χ1v) is 11.3. The molecule has 0 aliphatic rings. The van der Waals surface area contributed by atoms with E-state index >= 15 is 0 Å². The molecule has 1 amide bonds. The van der Waals surface area contributed by atoms with Crippen molar-refractivity contribution in [3.63, 3.8) is 0 Å². The topological polar surface area (TPSA) is 59.9 Å². The average molecular weight is 485 g/mol. The van der Waals surface area contributed by atoms with Crippen LogP contribution in [0.3, 0.4) is 0 Å². The highest BCUT2D eigenvalue weighted by atomic mass is 35.5. The highest BCUT2D eigenvalue weighted by Gasteiger charge is 2.13. The molecule has 3 aromatic rings. The number of carbonyl (C=O) groups is 1. The second-order valence-corrected chi connectivity index (χ2v) is 8.36. The van der Waals surface area contributed by atoms with Crippen molar-refractivity contribution in [3.8, 4) is 11.5 Å². The SMILES string of the molecule is CCOc1cc(/C=N\NC(=O)Cc2ccc(C)cc2C)cc(Cl)c1OCc1ccccc1Cl. The van der Waals surface area contributed by atoms with Gasteiger partial charge in [0.1, 0.15) is 6.61 Å². The van der Waals surface area contributed by atoms with Crippen LogP contribution in [-0.4, -0.2) is 18.7 Å². The second kappa shape index (κ2) is 11.7. The average Bonchev–Trinajstić information content (AvgIpc) is 2.76. The zero-order valence-electron chi connectivity index (χ0n) is 18.8. The number of ether oxygens (including phenoxy) is 2. The largest absolute Gasteiger partial charge is 0.490 e. The number of hydrogen-bond acceptors (Lipinski definition) is 4. The molecule has 0 heterocycles. The maximum atomic E-state index is 12.3. The molecule has 0 saturated heterocycles. The molecule has 0 aromatic heterocycles. The smallest absolute Gasteiger partial charge is 0.244 e. The first-order valence-electron chi connectivity index (χ1n) is 10.6. The van der Waals surface area contributed by atoms with Crippen LogP contribution in [0, 0.1) is 13.8 Å². The van der Waals surface area contributed by atoms with Gasteiger partial charge < -0.3 is 9.47 Å². The van der Waals surface area contributed by atoms with Crippen molar-refractivity contribution < 1.29 is 14.3 Å². The summed E-state index contributed by atoms with van der Waals surface area (Å²) in [6.45, 7) is 6.58. The van der Waals surface area contributed by atoms with E-state index in [1.54, 1.807) is 18.2 Å². The van der Waals surface area contributed by atoms with Crippen LogP contribution in [0.2, 0.25) is 10.0 Å². The third-order valence-electron chi connectivity index (χ3n) is 4.91. The van der Waals surface area contributed by atoms with Crippen molar-refractivity contribution in [3.05, 3.63) is 92.5 Å². The highest BCUT2D eigenvalue weighted by molar-refractivity contribution is 6.32. The molecule has 0 saturated carbocycles. The third-order valence-corrected chi connectivity index (χ3v) is 5.56. The minimum Gasteiger partial charge on any atom is -0.490 e. The Bertz CT molecular complexity index is 1160. The van der Waals surface area contributed by atoms with E-state index in [4.69, 9.17) is 32.7 Å². The second-order valence-electron chi connectivity index (χ2n) is 7.54. The molecule has 0 atom stereocenters. The zero-order valence-corrected chi connectivity index (χ0v) is 20.3. The van der Waals surface area contributed by atoms with E-state index in [0.717, 1.165) is 22.3 Å². The van der Waals surface area contributed by atoms with Gasteiger partial charge in [0.05, 0.1) is 24.3 Å². The Morgan fingerprint density at radius 1 is 1.00 bits per heavy atom. The van der Waals surface area contributed by atoms with Gasteiger partial charge in [0.2, 0.25) is 5.91 Å². The van der Waals surface area contributed by atoms with E-state index in [1.807, 2.05) is 51.1 Å². The van der Waals surface area contributed by atoms with Gasteiger partial charge in [-0.15, -0.1) is 0 Å². The summed E-state index contributed by atoms with van der Waals surface area (Å²) >= 11 is 12.7. The van der Waals surface area contributed by atoms with E-state index in [2.05, 4.69) is 16.6 Å². The zero-order chi connectivity index (χ0) is 23.8. The monoisotopic (exact) mass is 484 g/mol. The third kappa shape index (κ3) is 6.98. The minimum atomic E-state index is -0.200. The fourth-order valence-corrected chi connectivity index (χ4v) is 3.73. The number of benzene rings is 3. The van der Waals surface area contributed by atoms with Crippen molar-refractivity contribution >= 4 is 35.3 Å². The summed E-state index contributed by atoms with van der Waals surface area (Å²) < 4.78 is 11.6. The van der Waals surface area contributed by atoms with Gasteiger partial charge in [0.25, 0.3) is 0 Å². The summed E-state index contributed by atoms with van der Waals surface area (Å²) in [5.74, 6) is 0.712. The van der Waals surface area contributed by atoms with Crippen molar-refractivity contribution in [1.82, 2.24) is 5.43 Å². The Labute approximate surface area is 204 Å². The first-order chi connectivity index (χ1) is 15.9. The molecule has 3 aromatic carbocycles. The standard InChI is InChI=1S/C26H26Cl2N2O3/c1-4-32-24-13-19(12-23(28)26(24)33-16-21-7-5-6-8-22(21)27)15-29-30-25(31)14-20-10-9-17(2)11-18(20)3/h5-13,15H,4,14,16H2,1-3H3,(H,30,31)/b29-15-. The molecule has 0 radical (unpaired) electrons. The Morgan fingerprint density at radius 2 is 1.79 bits per heavy atom. The quantitative estimate of drug-likeness (QED) is 0.287. The lowest BCUT2D eigenvalue weighted by atomic mass is 10.0. The normalized spacial score (nSPS) is 10.9. The van der Waals surface area contributed by atoms with Crippen LogP contribution in [0.5, 0.6) is 11.5 Å². The maximum Gasteiger partial charge on any atom is 0.244 e. The highest BCUT2D eigenvalue weighted by Crippen LogP contribution is 2.37. The maximum absolute atomic E-state index is 12.3. The molecular formula is C26H26Cl2N2O3. The van der Waals surface area contributed by atoms with Crippen molar-refractivity contribution in [2.75, 3.05) is 6.61 Å². The van der Waals surface area contributed by atoms with E-state index in [9.17, 15) is 4.79 Å². The lowest BCUT2D eigenvalue weighted by molar-refractivity contribution is -0.120. The fraction of sp³-hybridized carbons (Fsp3) is 0.231. The summed E-state index contributed by atoms with van der Waals surface area (Å²) in [5, 5.41) is 5.05. The molecule has 5 nitrogen and oxygen atoms in total. The molecular weight excluding hydrogens is 459 g/mol. The molecule has 172 valence electrons. The molecule has 1 N–H and O–H groups in total. The van der Waals surface area contributed by atoms with E-state index in [-0.39, 0.29) is 18.9 Å². The summed E-state index contributed by atoms with van der Waals surface area (Å²) in [6.07, 6.45) is 1.77. The first kappa shape index (κ1) is 24.6.